The van der Waals surface area contributed by atoms with Crippen LogP contribution in [0.15, 0.2) is 5.11 Å². The van der Waals surface area contributed by atoms with Gasteiger partial charge in [-0.15, -0.1) is 0 Å². The van der Waals surface area contributed by atoms with Crippen molar-refractivity contribution >= 4 is 0 Å². The zero-order chi connectivity index (χ0) is 10.9. The molecule has 0 aromatic rings. The SMILES string of the molecule is CCO[C@@H]1C[C@@H]2CC(C)(N=[N+]=[N-])C[C@@H]2C1. The van der Waals surface area contributed by atoms with Gasteiger partial charge in [0.25, 0.3) is 0 Å². The first-order valence-corrected chi connectivity index (χ1v) is 5.85. The molecule has 4 heteroatoms. The maximum absolute atomic E-state index is 8.52. The predicted molar refractivity (Wildman–Crippen MR) is 58.4 cm³/mol. The first kappa shape index (κ1) is 10.8. The number of fused-ring (bicyclic) bond motifs is 1. The molecule has 2 rings (SSSR count). The number of hydrogen-bond donors (Lipinski definition) is 0. The average molecular weight is 209 g/mol. The number of azide groups is 1. The van der Waals surface area contributed by atoms with Gasteiger partial charge in [0.15, 0.2) is 0 Å². The molecule has 0 amide bonds. The van der Waals surface area contributed by atoms with Crippen molar-refractivity contribution < 1.29 is 4.74 Å². The Labute approximate surface area is 90.6 Å². The van der Waals surface area contributed by atoms with E-state index in [1.54, 1.807) is 0 Å². The molecule has 2 fully saturated rings. The Morgan fingerprint density at radius 1 is 1.40 bits per heavy atom. The lowest BCUT2D eigenvalue weighted by Gasteiger charge is -2.19. The van der Waals surface area contributed by atoms with Gasteiger partial charge in [0.05, 0.1) is 6.10 Å². The van der Waals surface area contributed by atoms with Crippen LogP contribution in [0.5, 0.6) is 0 Å². The van der Waals surface area contributed by atoms with Crippen LogP contribution in [-0.2, 0) is 4.74 Å². The number of nitrogens with zero attached hydrogens (tertiary/aromatic N) is 3. The molecule has 1 unspecified atom stereocenters. The van der Waals surface area contributed by atoms with Crippen molar-refractivity contribution in [2.75, 3.05) is 6.61 Å². The van der Waals surface area contributed by atoms with E-state index in [-0.39, 0.29) is 5.54 Å². The molecular formula is C11H19N3O. The van der Waals surface area contributed by atoms with E-state index in [1.165, 1.54) is 0 Å². The van der Waals surface area contributed by atoms with Gasteiger partial charge in [0.2, 0.25) is 0 Å². The Hall–Kier alpha value is -0.730. The van der Waals surface area contributed by atoms with Crippen LogP contribution in [-0.4, -0.2) is 18.2 Å². The van der Waals surface area contributed by atoms with E-state index in [0.717, 1.165) is 44.1 Å². The van der Waals surface area contributed by atoms with E-state index in [9.17, 15) is 0 Å². The third kappa shape index (κ3) is 2.11. The van der Waals surface area contributed by atoms with Crippen LogP contribution in [0.2, 0.25) is 0 Å². The van der Waals surface area contributed by atoms with Gasteiger partial charge in [0.1, 0.15) is 0 Å². The maximum atomic E-state index is 8.52. The molecule has 15 heavy (non-hydrogen) atoms. The number of rotatable bonds is 3. The Balaban J connectivity index is 1.95. The first-order valence-electron chi connectivity index (χ1n) is 5.85. The van der Waals surface area contributed by atoms with Crippen LogP contribution in [0.3, 0.4) is 0 Å². The molecule has 2 aliphatic carbocycles. The summed E-state index contributed by atoms with van der Waals surface area (Å²) in [7, 11) is 0. The molecule has 2 aliphatic rings. The third-order valence-corrected chi connectivity index (χ3v) is 3.89. The van der Waals surface area contributed by atoms with Gasteiger partial charge >= 0.3 is 0 Å². The molecule has 0 radical (unpaired) electrons. The van der Waals surface area contributed by atoms with E-state index in [0.29, 0.717) is 6.10 Å². The molecule has 0 spiro atoms. The third-order valence-electron chi connectivity index (χ3n) is 3.89. The molecule has 0 N–H and O–H groups in total. The molecule has 84 valence electrons. The highest BCUT2D eigenvalue weighted by Crippen LogP contribution is 2.50. The van der Waals surface area contributed by atoms with Gasteiger partial charge in [-0.1, -0.05) is 12.0 Å². The Bertz CT molecular complexity index is 272. The standard InChI is InChI=1S/C11H19N3O/c1-3-15-10-4-8-6-11(2,13-14-12)7-9(8)5-10/h8-10H,3-7H2,1-2H3/t8-,9+,10-,11?. The topological polar surface area (TPSA) is 58.0 Å². The van der Waals surface area contributed by atoms with Crippen molar-refractivity contribution in [3.63, 3.8) is 0 Å². The van der Waals surface area contributed by atoms with E-state index >= 15 is 0 Å². The summed E-state index contributed by atoms with van der Waals surface area (Å²) in [5.74, 6) is 1.44. The van der Waals surface area contributed by atoms with Gasteiger partial charge in [-0.3, -0.25) is 0 Å². The van der Waals surface area contributed by atoms with Crippen LogP contribution < -0.4 is 0 Å². The molecule has 4 atom stereocenters. The average Bonchev–Trinajstić information content (AvgIpc) is 2.59. The van der Waals surface area contributed by atoms with Gasteiger partial charge in [0, 0.05) is 17.1 Å². The van der Waals surface area contributed by atoms with Gasteiger partial charge in [-0.05, 0) is 50.0 Å². The molecular weight excluding hydrogens is 190 g/mol. The summed E-state index contributed by atoms with van der Waals surface area (Å²) in [6.07, 6.45) is 4.88. The number of ether oxygens (including phenoxy) is 1. The molecule has 0 bridgehead atoms. The fraction of sp³-hybridized carbons (Fsp3) is 1.00. The highest BCUT2D eigenvalue weighted by atomic mass is 16.5. The molecule has 0 aliphatic heterocycles. The fourth-order valence-electron chi connectivity index (χ4n) is 3.43. The van der Waals surface area contributed by atoms with Crippen LogP contribution in [0.4, 0.5) is 0 Å². The molecule has 0 heterocycles. The molecule has 0 aromatic carbocycles. The van der Waals surface area contributed by atoms with E-state index in [4.69, 9.17) is 10.3 Å². The first-order chi connectivity index (χ1) is 7.17. The minimum atomic E-state index is -0.124. The largest absolute Gasteiger partial charge is 0.378 e. The van der Waals surface area contributed by atoms with Crippen molar-refractivity contribution in [3.05, 3.63) is 10.4 Å². The van der Waals surface area contributed by atoms with E-state index < -0.39 is 0 Å². The summed E-state index contributed by atoms with van der Waals surface area (Å²) in [5, 5.41) is 3.95. The normalized spacial score (nSPS) is 43.7. The Morgan fingerprint density at radius 3 is 2.47 bits per heavy atom. The quantitative estimate of drug-likeness (QED) is 0.399. The van der Waals surface area contributed by atoms with Crippen molar-refractivity contribution in [2.45, 2.75) is 51.2 Å². The second-order valence-corrected chi connectivity index (χ2v) is 5.16. The lowest BCUT2D eigenvalue weighted by atomic mass is 9.97. The minimum Gasteiger partial charge on any atom is -0.378 e. The summed E-state index contributed by atoms with van der Waals surface area (Å²) < 4.78 is 5.66. The fourth-order valence-corrected chi connectivity index (χ4v) is 3.43. The molecule has 0 saturated heterocycles. The summed E-state index contributed by atoms with van der Waals surface area (Å²) in [5.41, 5.74) is 8.40. The van der Waals surface area contributed by atoms with Gasteiger partial charge < -0.3 is 4.74 Å². The second kappa shape index (κ2) is 4.03. The zero-order valence-corrected chi connectivity index (χ0v) is 9.52. The van der Waals surface area contributed by atoms with Crippen molar-refractivity contribution in [3.8, 4) is 0 Å². The summed E-state index contributed by atoms with van der Waals surface area (Å²) in [4.78, 5) is 2.97. The minimum absolute atomic E-state index is 0.124. The highest BCUT2D eigenvalue weighted by Gasteiger charge is 2.46. The van der Waals surface area contributed by atoms with Crippen LogP contribution >= 0.6 is 0 Å². The molecule has 0 aromatic heterocycles. The number of hydrogen-bond acceptors (Lipinski definition) is 2. The Morgan fingerprint density at radius 2 is 2.00 bits per heavy atom. The van der Waals surface area contributed by atoms with Gasteiger partial charge in [-0.25, -0.2) is 0 Å². The lowest BCUT2D eigenvalue weighted by Crippen LogP contribution is -2.19. The zero-order valence-electron chi connectivity index (χ0n) is 9.52. The second-order valence-electron chi connectivity index (χ2n) is 5.16. The smallest absolute Gasteiger partial charge is 0.0580 e. The van der Waals surface area contributed by atoms with E-state index in [1.807, 2.05) is 0 Å². The summed E-state index contributed by atoms with van der Waals surface area (Å²) >= 11 is 0. The van der Waals surface area contributed by atoms with E-state index in [2.05, 4.69) is 23.9 Å². The highest BCUT2D eigenvalue weighted by molar-refractivity contribution is 5.02. The van der Waals surface area contributed by atoms with Crippen LogP contribution in [0.1, 0.15) is 39.5 Å². The van der Waals surface area contributed by atoms with Crippen LogP contribution in [0, 0.1) is 11.8 Å². The van der Waals surface area contributed by atoms with Crippen LogP contribution in [0.25, 0.3) is 10.4 Å². The summed E-state index contributed by atoms with van der Waals surface area (Å²) in [6, 6.07) is 0. The van der Waals surface area contributed by atoms with Crippen molar-refractivity contribution in [1.29, 1.82) is 0 Å². The monoisotopic (exact) mass is 209 g/mol. The maximum Gasteiger partial charge on any atom is 0.0580 e. The predicted octanol–water partition coefficient (Wildman–Crippen LogP) is 3.28. The Kier molecular flexibility index (Phi) is 2.89. The summed E-state index contributed by atoms with van der Waals surface area (Å²) in [6.45, 7) is 4.95. The van der Waals surface area contributed by atoms with Crippen molar-refractivity contribution in [2.24, 2.45) is 17.0 Å². The molecule has 2 saturated carbocycles. The van der Waals surface area contributed by atoms with Gasteiger partial charge in [-0.2, -0.15) is 0 Å². The van der Waals surface area contributed by atoms with Crippen molar-refractivity contribution in [1.82, 2.24) is 0 Å². The molecule has 4 nitrogen and oxygen atoms in total. The lowest BCUT2D eigenvalue weighted by molar-refractivity contribution is 0.0605.